The SMILES string of the molecule is O=C1C(=CNc2nc3c(F)cc(F)cc3s2)Sc2ccccc21. The Morgan fingerprint density at radius 3 is 2.83 bits per heavy atom. The van der Waals surface area contributed by atoms with Crippen LogP contribution < -0.4 is 5.32 Å². The van der Waals surface area contributed by atoms with Gasteiger partial charge in [-0.1, -0.05) is 35.2 Å². The number of fused-ring (bicyclic) bond motifs is 2. The Morgan fingerprint density at radius 2 is 2.00 bits per heavy atom. The van der Waals surface area contributed by atoms with Crippen LogP contribution in [0.4, 0.5) is 13.9 Å². The summed E-state index contributed by atoms with van der Waals surface area (Å²) < 4.78 is 27.3. The highest BCUT2D eigenvalue weighted by Crippen LogP contribution is 2.39. The molecule has 0 fully saturated rings. The molecule has 4 rings (SSSR count). The lowest BCUT2D eigenvalue weighted by molar-refractivity contribution is 0.104. The van der Waals surface area contributed by atoms with Crippen LogP contribution in [0.2, 0.25) is 0 Å². The molecule has 1 N–H and O–H groups in total. The first-order chi connectivity index (χ1) is 11.1. The van der Waals surface area contributed by atoms with Crippen LogP contribution in [0.3, 0.4) is 0 Å². The molecule has 7 heteroatoms. The predicted molar refractivity (Wildman–Crippen MR) is 87.9 cm³/mol. The molecule has 0 saturated heterocycles. The van der Waals surface area contributed by atoms with Gasteiger partial charge in [0.15, 0.2) is 10.9 Å². The van der Waals surface area contributed by atoms with Crippen molar-refractivity contribution in [2.24, 2.45) is 0 Å². The van der Waals surface area contributed by atoms with Crippen molar-refractivity contribution >= 4 is 44.2 Å². The summed E-state index contributed by atoms with van der Waals surface area (Å²) in [6, 6.07) is 9.39. The first-order valence-corrected chi connectivity index (χ1v) is 8.29. The molecule has 2 heterocycles. The quantitative estimate of drug-likeness (QED) is 0.676. The number of halogens is 2. The number of anilines is 1. The number of thiazole rings is 1. The van der Waals surface area contributed by atoms with E-state index in [2.05, 4.69) is 10.3 Å². The Labute approximate surface area is 138 Å². The van der Waals surface area contributed by atoms with Crippen LogP contribution in [0.15, 0.2) is 52.4 Å². The molecule has 1 aliphatic heterocycles. The fourth-order valence-electron chi connectivity index (χ4n) is 2.28. The molecule has 0 aliphatic carbocycles. The fraction of sp³-hybridized carbons (Fsp3) is 0. The maximum absolute atomic E-state index is 13.6. The summed E-state index contributed by atoms with van der Waals surface area (Å²) in [5, 5.41) is 3.31. The van der Waals surface area contributed by atoms with Gasteiger partial charge >= 0.3 is 0 Å². The molecule has 3 aromatic rings. The zero-order chi connectivity index (χ0) is 16.0. The summed E-state index contributed by atoms with van der Waals surface area (Å²) in [5.41, 5.74) is 0.786. The van der Waals surface area contributed by atoms with Gasteiger partial charge in [0.25, 0.3) is 0 Å². The smallest absolute Gasteiger partial charge is 0.202 e. The number of allylic oxidation sites excluding steroid dienone is 1. The number of carbonyl (C=O) groups is 1. The number of ketones is 1. The van der Waals surface area contributed by atoms with Crippen molar-refractivity contribution < 1.29 is 13.6 Å². The van der Waals surface area contributed by atoms with Crippen LogP contribution in [0.1, 0.15) is 10.4 Å². The molecule has 0 saturated carbocycles. The van der Waals surface area contributed by atoms with Gasteiger partial charge in [0, 0.05) is 22.7 Å². The van der Waals surface area contributed by atoms with Gasteiger partial charge < -0.3 is 5.32 Å². The van der Waals surface area contributed by atoms with Crippen molar-refractivity contribution in [3.05, 3.63) is 64.7 Å². The Bertz CT molecular complexity index is 981. The monoisotopic (exact) mass is 346 g/mol. The van der Waals surface area contributed by atoms with Gasteiger partial charge in [-0.15, -0.1) is 0 Å². The van der Waals surface area contributed by atoms with E-state index in [4.69, 9.17) is 0 Å². The van der Waals surface area contributed by atoms with Crippen molar-refractivity contribution in [2.75, 3.05) is 5.32 Å². The third kappa shape index (κ3) is 2.51. The largest absolute Gasteiger partial charge is 0.337 e. The van der Waals surface area contributed by atoms with Gasteiger partial charge in [-0.05, 0) is 18.2 Å². The van der Waals surface area contributed by atoms with Crippen molar-refractivity contribution in [2.45, 2.75) is 4.90 Å². The molecule has 0 atom stereocenters. The van der Waals surface area contributed by atoms with Crippen LogP contribution in [-0.2, 0) is 0 Å². The molecular weight excluding hydrogens is 338 g/mol. The fourth-order valence-corrected chi connectivity index (χ4v) is 4.13. The van der Waals surface area contributed by atoms with E-state index < -0.39 is 11.6 Å². The van der Waals surface area contributed by atoms with Crippen LogP contribution in [-0.4, -0.2) is 10.8 Å². The van der Waals surface area contributed by atoms with E-state index in [0.717, 1.165) is 22.3 Å². The first kappa shape index (κ1) is 14.3. The topological polar surface area (TPSA) is 42.0 Å². The number of carbonyl (C=O) groups excluding carboxylic acids is 1. The zero-order valence-electron chi connectivity index (χ0n) is 11.5. The van der Waals surface area contributed by atoms with E-state index >= 15 is 0 Å². The molecule has 0 amide bonds. The van der Waals surface area contributed by atoms with E-state index in [-0.39, 0.29) is 11.3 Å². The van der Waals surface area contributed by atoms with Crippen LogP contribution >= 0.6 is 23.1 Å². The summed E-state index contributed by atoms with van der Waals surface area (Å²) in [7, 11) is 0. The summed E-state index contributed by atoms with van der Waals surface area (Å²) in [5.74, 6) is -1.40. The Hall–Kier alpha value is -2.25. The third-order valence-corrected chi connectivity index (χ3v) is 5.35. The van der Waals surface area contributed by atoms with Crippen LogP contribution in [0.25, 0.3) is 10.2 Å². The van der Waals surface area contributed by atoms with Gasteiger partial charge in [0.05, 0.1) is 9.61 Å². The molecule has 0 spiro atoms. The minimum absolute atomic E-state index is 0.0589. The van der Waals surface area contributed by atoms with Crippen molar-refractivity contribution in [3.8, 4) is 0 Å². The highest BCUT2D eigenvalue weighted by atomic mass is 32.2. The number of rotatable bonds is 2. The van der Waals surface area contributed by atoms with Crippen molar-refractivity contribution in [1.82, 2.24) is 4.98 Å². The van der Waals surface area contributed by atoms with Crippen molar-refractivity contribution in [3.63, 3.8) is 0 Å². The summed E-state index contributed by atoms with van der Waals surface area (Å²) in [6.07, 6.45) is 1.55. The molecule has 1 aromatic heterocycles. The Balaban J connectivity index is 1.63. The average Bonchev–Trinajstić information content (AvgIpc) is 3.07. The molecule has 23 heavy (non-hydrogen) atoms. The number of hydrogen-bond donors (Lipinski definition) is 1. The predicted octanol–water partition coefficient (Wildman–Crippen LogP) is 4.82. The molecule has 0 unspecified atom stereocenters. The minimum Gasteiger partial charge on any atom is -0.337 e. The molecular formula is C16H8F2N2OS2. The maximum Gasteiger partial charge on any atom is 0.202 e. The second-order valence-electron chi connectivity index (χ2n) is 4.83. The lowest BCUT2D eigenvalue weighted by Gasteiger charge is -1.95. The summed E-state index contributed by atoms with van der Waals surface area (Å²) in [4.78, 5) is 17.8. The van der Waals surface area contributed by atoms with E-state index in [0.29, 0.717) is 20.3 Å². The molecule has 1 aliphatic rings. The Morgan fingerprint density at radius 1 is 1.17 bits per heavy atom. The van der Waals surface area contributed by atoms with E-state index in [1.54, 1.807) is 12.3 Å². The number of nitrogens with zero attached hydrogens (tertiary/aromatic N) is 1. The van der Waals surface area contributed by atoms with Gasteiger partial charge in [0.1, 0.15) is 11.3 Å². The molecule has 114 valence electrons. The van der Waals surface area contributed by atoms with Crippen LogP contribution in [0, 0.1) is 11.6 Å². The maximum atomic E-state index is 13.6. The normalized spacial score (nSPS) is 15.4. The number of benzene rings is 2. The van der Waals surface area contributed by atoms with E-state index in [9.17, 15) is 13.6 Å². The number of Topliss-reactive ketones (excluding diaryl/α,β-unsaturated/α-hetero) is 1. The van der Waals surface area contributed by atoms with Gasteiger partial charge in [-0.3, -0.25) is 4.79 Å². The second kappa shape index (κ2) is 5.43. The highest BCUT2D eigenvalue weighted by molar-refractivity contribution is 8.04. The molecule has 3 nitrogen and oxygen atoms in total. The summed E-state index contributed by atoms with van der Waals surface area (Å²) >= 11 is 2.49. The number of aromatic nitrogens is 1. The second-order valence-corrected chi connectivity index (χ2v) is 6.95. The standard InChI is InChI=1S/C16H8F2N2OS2/c17-8-5-10(18)14-12(6-8)23-16(20-14)19-7-13-15(21)9-3-1-2-4-11(9)22-13/h1-7H,(H,19,20). The first-order valence-electron chi connectivity index (χ1n) is 6.66. The van der Waals surface area contributed by atoms with E-state index in [1.165, 1.54) is 17.8 Å². The number of thioether (sulfide) groups is 1. The zero-order valence-corrected chi connectivity index (χ0v) is 13.1. The third-order valence-electron chi connectivity index (χ3n) is 3.32. The lowest BCUT2D eigenvalue weighted by atomic mass is 10.1. The molecule has 0 radical (unpaired) electrons. The molecule has 2 aromatic carbocycles. The lowest BCUT2D eigenvalue weighted by Crippen LogP contribution is -1.97. The van der Waals surface area contributed by atoms with Gasteiger partial charge in [0.2, 0.25) is 5.78 Å². The highest BCUT2D eigenvalue weighted by Gasteiger charge is 2.25. The minimum atomic E-state index is -0.698. The van der Waals surface area contributed by atoms with Crippen LogP contribution in [0.5, 0.6) is 0 Å². The number of hydrogen-bond acceptors (Lipinski definition) is 5. The Kier molecular flexibility index (Phi) is 3.39. The summed E-state index contributed by atoms with van der Waals surface area (Å²) in [6.45, 7) is 0. The molecule has 0 bridgehead atoms. The van der Waals surface area contributed by atoms with Crippen molar-refractivity contribution in [1.29, 1.82) is 0 Å². The average molecular weight is 346 g/mol. The van der Waals surface area contributed by atoms with Gasteiger partial charge in [-0.25, -0.2) is 13.8 Å². The van der Waals surface area contributed by atoms with Gasteiger partial charge in [-0.2, -0.15) is 0 Å². The number of nitrogens with one attached hydrogen (secondary N) is 1. The van der Waals surface area contributed by atoms with E-state index in [1.807, 2.05) is 18.2 Å².